The van der Waals surface area contributed by atoms with Gasteiger partial charge in [0.15, 0.2) is 0 Å². The summed E-state index contributed by atoms with van der Waals surface area (Å²) < 4.78 is 12.3. The Balaban J connectivity index is 1.83. The van der Waals surface area contributed by atoms with E-state index in [1.807, 2.05) is 61.5 Å². The lowest BCUT2D eigenvalue weighted by molar-refractivity contribution is -0.143. The van der Waals surface area contributed by atoms with Crippen LogP contribution in [0.1, 0.15) is 30.5 Å². The van der Waals surface area contributed by atoms with E-state index in [9.17, 15) is 4.79 Å². The van der Waals surface area contributed by atoms with Crippen LogP contribution in [0.5, 0.6) is 0 Å². The molecule has 3 heteroatoms. The van der Waals surface area contributed by atoms with E-state index in [0.29, 0.717) is 5.57 Å². The molecule has 3 nitrogen and oxygen atoms in total. The number of hydrogen-bond donors (Lipinski definition) is 0. The van der Waals surface area contributed by atoms with E-state index in [-0.39, 0.29) is 18.7 Å². The summed E-state index contributed by atoms with van der Waals surface area (Å²) in [6.07, 6.45) is -0.377. The van der Waals surface area contributed by atoms with Crippen LogP contribution in [0.3, 0.4) is 0 Å². The van der Waals surface area contributed by atoms with Crippen molar-refractivity contribution >= 4 is 5.97 Å². The molecule has 0 saturated heterocycles. The molecule has 29 heavy (non-hydrogen) atoms. The first-order valence-corrected chi connectivity index (χ1v) is 9.82. The highest BCUT2D eigenvalue weighted by molar-refractivity contribution is 5.91. The van der Waals surface area contributed by atoms with Crippen LogP contribution in [0.15, 0.2) is 102 Å². The van der Waals surface area contributed by atoms with Crippen LogP contribution in [0.25, 0.3) is 0 Å². The number of carbonyl (C=O) groups is 1. The molecule has 1 heterocycles. The summed E-state index contributed by atoms with van der Waals surface area (Å²) in [5.74, 6) is -0.263. The number of carbonyl (C=O) groups excluding carboxylic acids is 1. The fourth-order valence-corrected chi connectivity index (χ4v) is 3.84. The minimum absolute atomic E-state index is 0.263. The summed E-state index contributed by atoms with van der Waals surface area (Å²) in [4.78, 5) is 12.0. The van der Waals surface area contributed by atoms with E-state index < -0.39 is 5.60 Å². The topological polar surface area (TPSA) is 35.5 Å². The average Bonchev–Trinajstić information content (AvgIpc) is 3.03. The summed E-state index contributed by atoms with van der Waals surface area (Å²) >= 11 is 0. The zero-order valence-electron chi connectivity index (χ0n) is 16.7. The average molecular weight is 384 g/mol. The molecule has 0 bridgehead atoms. The monoisotopic (exact) mass is 384 g/mol. The van der Waals surface area contributed by atoms with Crippen LogP contribution in [0.4, 0.5) is 0 Å². The molecule has 0 fully saturated rings. The second-order valence-electron chi connectivity index (χ2n) is 7.29. The van der Waals surface area contributed by atoms with Crippen molar-refractivity contribution in [3.8, 4) is 0 Å². The first-order chi connectivity index (χ1) is 14.1. The van der Waals surface area contributed by atoms with E-state index in [0.717, 1.165) is 22.3 Å². The Hall–Kier alpha value is -3.17. The first-order valence-electron chi connectivity index (χ1n) is 9.82. The molecule has 0 spiro atoms. The first kappa shape index (κ1) is 19.2. The zero-order valence-corrected chi connectivity index (χ0v) is 16.7. The molecular formula is C26H24O3. The van der Waals surface area contributed by atoms with Crippen molar-refractivity contribution in [1.82, 2.24) is 0 Å². The van der Waals surface area contributed by atoms with Crippen molar-refractivity contribution in [3.63, 3.8) is 0 Å². The van der Waals surface area contributed by atoms with Gasteiger partial charge in [0, 0.05) is 5.57 Å². The van der Waals surface area contributed by atoms with Crippen LogP contribution < -0.4 is 0 Å². The number of ether oxygens (including phenoxy) is 2. The van der Waals surface area contributed by atoms with Gasteiger partial charge >= 0.3 is 5.97 Å². The third-order valence-corrected chi connectivity index (χ3v) is 5.62. The summed E-state index contributed by atoms with van der Waals surface area (Å²) in [5.41, 5.74) is 3.87. The van der Waals surface area contributed by atoms with Crippen LogP contribution in [0, 0.1) is 0 Å². The van der Waals surface area contributed by atoms with Crippen molar-refractivity contribution in [2.24, 2.45) is 0 Å². The predicted octanol–water partition coefficient (Wildman–Crippen LogP) is 5.26. The van der Waals surface area contributed by atoms with E-state index in [4.69, 9.17) is 9.47 Å². The number of rotatable bonds is 6. The highest BCUT2D eigenvalue weighted by Gasteiger charge is 2.39. The standard InChI is InChI=1S/C26H24O3/c1-19-20(2)25(27)29-24(19)18-28-26(21-12-6-3-7-13-21,22-14-8-4-9-15-22)23-16-10-5-11-17-23/h3-17,24H,18H2,1-2H3/t24-/m0/s1. The Morgan fingerprint density at radius 3 is 1.52 bits per heavy atom. The molecule has 0 aliphatic carbocycles. The second-order valence-corrected chi connectivity index (χ2v) is 7.29. The Morgan fingerprint density at radius 1 is 0.759 bits per heavy atom. The molecule has 0 saturated carbocycles. The van der Waals surface area contributed by atoms with Crippen LogP contribution in [-0.4, -0.2) is 18.7 Å². The smallest absolute Gasteiger partial charge is 0.334 e. The molecular weight excluding hydrogens is 360 g/mol. The van der Waals surface area contributed by atoms with E-state index in [1.165, 1.54) is 0 Å². The van der Waals surface area contributed by atoms with Gasteiger partial charge in [-0.2, -0.15) is 0 Å². The van der Waals surface area contributed by atoms with Gasteiger partial charge in [-0.25, -0.2) is 4.79 Å². The van der Waals surface area contributed by atoms with Crippen molar-refractivity contribution in [3.05, 3.63) is 119 Å². The van der Waals surface area contributed by atoms with E-state index >= 15 is 0 Å². The third-order valence-electron chi connectivity index (χ3n) is 5.62. The molecule has 1 atom stereocenters. The van der Waals surface area contributed by atoms with Gasteiger partial charge in [0.25, 0.3) is 0 Å². The van der Waals surface area contributed by atoms with Gasteiger partial charge in [-0.15, -0.1) is 0 Å². The number of esters is 1. The molecule has 0 amide bonds. The molecule has 146 valence electrons. The zero-order chi connectivity index (χ0) is 20.3. The minimum atomic E-state index is -0.813. The van der Waals surface area contributed by atoms with Crippen molar-refractivity contribution < 1.29 is 14.3 Å². The number of benzene rings is 3. The maximum absolute atomic E-state index is 12.0. The van der Waals surface area contributed by atoms with Crippen LogP contribution in [0.2, 0.25) is 0 Å². The van der Waals surface area contributed by atoms with Crippen LogP contribution >= 0.6 is 0 Å². The lowest BCUT2D eigenvalue weighted by Crippen LogP contribution is -2.36. The molecule has 4 rings (SSSR count). The Bertz CT molecular complexity index is 911. The fourth-order valence-electron chi connectivity index (χ4n) is 3.84. The van der Waals surface area contributed by atoms with Crippen molar-refractivity contribution in [1.29, 1.82) is 0 Å². The molecule has 1 aliphatic heterocycles. The molecule has 0 N–H and O–H groups in total. The van der Waals surface area contributed by atoms with Crippen LogP contribution in [-0.2, 0) is 19.9 Å². The summed E-state index contributed by atoms with van der Waals surface area (Å²) in [5, 5.41) is 0. The summed E-state index contributed by atoms with van der Waals surface area (Å²) in [6.45, 7) is 4.01. The molecule has 1 aliphatic rings. The van der Waals surface area contributed by atoms with Gasteiger partial charge in [0.1, 0.15) is 11.7 Å². The van der Waals surface area contributed by atoms with Gasteiger partial charge in [0.05, 0.1) is 6.61 Å². The predicted molar refractivity (Wildman–Crippen MR) is 113 cm³/mol. The SMILES string of the molecule is CC1=C(C)[C@H](COC(c2ccccc2)(c2ccccc2)c2ccccc2)OC1=O. The molecule has 0 aromatic heterocycles. The lowest BCUT2D eigenvalue weighted by atomic mass is 9.80. The highest BCUT2D eigenvalue weighted by atomic mass is 16.6. The van der Waals surface area contributed by atoms with E-state index in [2.05, 4.69) is 36.4 Å². The normalized spacial score (nSPS) is 16.8. The molecule has 0 unspecified atom stereocenters. The van der Waals surface area contributed by atoms with E-state index in [1.54, 1.807) is 6.92 Å². The third kappa shape index (κ3) is 3.50. The number of cyclic esters (lactones) is 1. The second kappa shape index (κ2) is 8.06. The maximum Gasteiger partial charge on any atom is 0.334 e. The largest absolute Gasteiger partial charge is 0.452 e. The fraction of sp³-hybridized carbons (Fsp3) is 0.192. The van der Waals surface area contributed by atoms with Crippen molar-refractivity contribution in [2.45, 2.75) is 25.6 Å². The minimum Gasteiger partial charge on any atom is -0.452 e. The lowest BCUT2D eigenvalue weighted by Gasteiger charge is -2.36. The van der Waals surface area contributed by atoms with Crippen molar-refractivity contribution in [2.75, 3.05) is 6.61 Å². The quantitative estimate of drug-likeness (QED) is 0.430. The molecule has 3 aromatic carbocycles. The van der Waals surface area contributed by atoms with Gasteiger partial charge < -0.3 is 9.47 Å². The highest BCUT2D eigenvalue weighted by Crippen LogP contribution is 2.41. The van der Waals surface area contributed by atoms with Gasteiger partial charge in [0.2, 0.25) is 0 Å². The van der Waals surface area contributed by atoms with Gasteiger partial charge in [-0.05, 0) is 36.1 Å². The Kier molecular flexibility index (Phi) is 5.32. The Morgan fingerprint density at radius 2 is 1.17 bits per heavy atom. The molecule has 3 aromatic rings. The summed E-state index contributed by atoms with van der Waals surface area (Å²) in [7, 11) is 0. The van der Waals surface area contributed by atoms with Gasteiger partial charge in [-0.1, -0.05) is 91.0 Å². The number of hydrogen-bond acceptors (Lipinski definition) is 3. The summed E-state index contributed by atoms with van der Waals surface area (Å²) in [6, 6.07) is 30.6. The van der Waals surface area contributed by atoms with Gasteiger partial charge in [-0.3, -0.25) is 0 Å². The maximum atomic E-state index is 12.0. The Labute approximate surface area is 171 Å². The molecule has 0 radical (unpaired) electrons.